The van der Waals surface area contributed by atoms with Crippen LogP contribution in [0.4, 0.5) is 0 Å². The van der Waals surface area contributed by atoms with Crippen molar-refractivity contribution in [2.75, 3.05) is 0 Å². The highest BCUT2D eigenvalue weighted by Crippen LogP contribution is 2.50. The van der Waals surface area contributed by atoms with Crippen molar-refractivity contribution in [3.63, 3.8) is 0 Å². The zero-order valence-electron chi connectivity index (χ0n) is 40.5. The van der Waals surface area contributed by atoms with Crippen LogP contribution in [0.3, 0.4) is 0 Å². The Bertz CT molecular complexity index is 2670. The third-order valence-corrected chi connectivity index (χ3v) is 26.1. The average Bonchev–Trinajstić information content (AvgIpc) is 4.22. The van der Waals surface area contributed by atoms with Gasteiger partial charge in [-0.1, -0.05) is 131 Å². The summed E-state index contributed by atoms with van der Waals surface area (Å²) in [5, 5.41) is 3.35. The minimum absolute atomic E-state index is 0.705. The first-order valence-electron chi connectivity index (χ1n) is 25.6. The standard InChI is InChI=1S/C54H68N6S6Si/c1-7-13-17-19-23-37-25-27-41(61-37)49-51-47(57-65-59-51)39(31-55-49)43-29-45-53(63-43)54-46(67(45,33-35(11-5)21-15-9-3)34-36(12-6)22-16-10-4)30-44(64-54)40-32-56-50(52-48(40)58-66-60-52)42-28-26-38(62-42)24-20-18-14-8-2/h25-32,35-36H,7-24,33-34H2,1-6H3. The van der Waals surface area contributed by atoms with E-state index >= 15 is 0 Å². The third-order valence-electron chi connectivity index (χ3n) is 14.5. The van der Waals surface area contributed by atoms with Crippen molar-refractivity contribution in [2.24, 2.45) is 11.8 Å². The molecule has 2 unspecified atom stereocenters. The van der Waals surface area contributed by atoms with Crippen LogP contribution >= 0.6 is 68.8 Å². The molecule has 0 radical (unpaired) electrons. The maximum absolute atomic E-state index is 5.24. The molecule has 8 aromatic heterocycles. The van der Waals surface area contributed by atoms with Crippen molar-refractivity contribution in [3.05, 3.63) is 58.5 Å². The van der Waals surface area contributed by atoms with E-state index < -0.39 is 8.07 Å². The van der Waals surface area contributed by atoms with Crippen molar-refractivity contribution >= 4 is 109 Å². The fraction of sp³-hybridized carbons (Fsp3) is 0.519. The van der Waals surface area contributed by atoms with Crippen LogP contribution in [0.15, 0.2) is 48.8 Å². The topological polar surface area (TPSA) is 77.3 Å². The number of fused-ring (bicyclic) bond motifs is 5. The third kappa shape index (κ3) is 10.3. The van der Waals surface area contributed by atoms with Crippen LogP contribution in [0.2, 0.25) is 12.1 Å². The molecule has 6 nitrogen and oxygen atoms in total. The SMILES string of the molecule is CCCCCCc1ccc(-c2ncc(-c3cc4c(s3)-c3sc(-c5cnc(-c6ccc(CCCCCC)s6)c6nsnc56)cc3[Si]4(CC(CC)CCCC)CC(CC)CCCC)c3nsnc23)s1. The van der Waals surface area contributed by atoms with Crippen LogP contribution < -0.4 is 10.4 Å². The van der Waals surface area contributed by atoms with E-state index in [1.807, 2.05) is 45.3 Å². The van der Waals surface area contributed by atoms with Gasteiger partial charge in [0, 0.05) is 52.8 Å². The molecule has 8 aromatic rings. The van der Waals surface area contributed by atoms with E-state index in [-0.39, 0.29) is 0 Å². The molecule has 0 N–H and O–H groups in total. The second-order valence-electron chi connectivity index (χ2n) is 19.1. The number of aromatic nitrogens is 6. The highest BCUT2D eigenvalue weighted by atomic mass is 32.1. The lowest BCUT2D eigenvalue weighted by Crippen LogP contribution is -2.56. The smallest absolute Gasteiger partial charge is 0.132 e. The minimum atomic E-state index is -2.31. The highest BCUT2D eigenvalue weighted by Gasteiger charge is 2.50. The van der Waals surface area contributed by atoms with Gasteiger partial charge < -0.3 is 0 Å². The number of hydrogen-bond donors (Lipinski definition) is 0. The molecule has 67 heavy (non-hydrogen) atoms. The first-order chi connectivity index (χ1) is 32.9. The van der Waals surface area contributed by atoms with Crippen LogP contribution in [0.5, 0.6) is 0 Å². The van der Waals surface area contributed by atoms with E-state index in [4.69, 9.17) is 27.5 Å². The molecule has 1 aliphatic heterocycles. The molecule has 0 amide bonds. The van der Waals surface area contributed by atoms with E-state index in [2.05, 4.69) is 90.3 Å². The van der Waals surface area contributed by atoms with Crippen molar-refractivity contribution in [1.29, 1.82) is 0 Å². The van der Waals surface area contributed by atoms with Gasteiger partial charge in [-0.2, -0.15) is 17.5 Å². The lowest BCUT2D eigenvalue weighted by atomic mass is 10.0. The summed E-state index contributed by atoms with van der Waals surface area (Å²) in [5.74, 6) is 1.41. The van der Waals surface area contributed by atoms with Gasteiger partial charge in [0.25, 0.3) is 0 Å². The normalized spacial score (nSPS) is 14.1. The lowest BCUT2D eigenvalue weighted by Gasteiger charge is -2.35. The van der Waals surface area contributed by atoms with Gasteiger partial charge in [0.15, 0.2) is 0 Å². The predicted molar refractivity (Wildman–Crippen MR) is 300 cm³/mol. The first kappa shape index (κ1) is 49.0. The number of unbranched alkanes of at least 4 members (excludes halogenated alkanes) is 8. The van der Waals surface area contributed by atoms with E-state index in [0.717, 1.165) is 57.4 Å². The summed E-state index contributed by atoms with van der Waals surface area (Å²) in [6, 6.07) is 17.0. The monoisotopic (exact) mass is 1020 g/mol. The number of hydrogen-bond acceptors (Lipinski definition) is 12. The number of aryl methyl sites for hydroxylation is 2. The van der Waals surface area contributed by atoms with Gasteiger partial charge in [-0.3, -0.25) is 9.97 Å². The zero-order chi connectivity index (χ0) is 46.3. The quantitative estimate of drug-likeness (QED) is 0.0397. The lowest BCUT2D eigenvalue weighted by molar-refractivity contribution is 0.469. The summed E-state index contributed by atoms with van der Waals surface area (Å²) < 4.78 is 19.9. The molecule has 0 saturated heterocycles. The van der Waals surface area contributed by atoms with Gasteiger partial charge in [-0.15, -0.1) is 45.3 Å². The molecule has 9 heterocycles. The van der Waals surface area contributed by atoms with Gasteiger partial charge in [-0.05, 0) is 96.4 Å². The van der Waals surface area contributed by atoms with E-state index in [1.54, 1.807) is 10.4 Å². The van der Waals surface area contributed by atoms with Crippen LogP contribution in [-0.4, -0.2) is 35.5 Å². The fourth-order valence-electron chi connectivity index (χ4n) is 10.6. The molecular formula is C54H68N6S6Si. The molecule has 1 aliphatic rings. The summed E-state index contributed by atoms with van der Waals surface area (Å²) >= 11 is 10.4. The molecular weight excluding hydrogens is 953 g/mol. The molecule has 0 bridgehead atoms. The summed E-state index contributed by atoms with van der Waals surface area (Å²) in [6.45, 7) is 14.2. The number of rotatable bonds is 26. The Morgan fingerprint density at radius 2 is 0.896 bits per heavy atom. The molecule has 0 aromatic carbocycles. The maximum atomic E-state index is 5.24. The Morgan fingerprint density at radius 1 is 0.463 bits per heavy atom. The van der Waals surface area contributed by atoms with Crippen LogP contribution in [-0.2, 0) is 12.8 Å². The Balaban J connectivity index is 1.14. The van der Waals surface area contributed by atoms with Gasteiger partial charge in [0.1, 0.15) is 41.5 Å². The van der Waals surface area contributed by atoms with Gasteiger partial charge in [-0.25, -0.2) is 0 Å². The zero-order valence-corrected chi connectivity index (χ0v) is 46.4. The molecule has 0 aliphatic carbocycles. The van der Waals surface area contributed by atoms with Crippen molar-refractivity contribution < 1.29 is 0 Å². The fourth-order valence-corrected chi connectivity index (χ4v) is 24.3. The molecule has 0 fully saturated rings. The van der Waals surface area contributed by atoms with Crippen LogP contribution in [0.25, 0.3) is 73.8 Å². The first-order valence-corrected chi connectivity index (χ1v) is 32.8. The molecule has 354 valence electrons. The van der Waals surface area contributed by atoms with Crippen molar-refractivity contribution in [1.82, 2.24) is 27.5 Å². The Morgan fingerprint density at radius 3 is 1.31 bits per heavy atom. The van der Waals surface area contributed by atoms with Crippen LogP contribution in [0, 0.1) is 11.8 Å². The average molecular weight is 1020 g/mol. The maximum Gasteiger partial charge on any atom is 0.132 e. The van der Waals surface area contributed by atoms with Crippen LogP contribution in [0.1, 0.15) is 154 Å². The largest absolute Gasteiger partial charge is 0.252 e. The Kier molecular flexibility index (Phi) is 16.7. The highest BCUT2D eigenvalue weighted by molar-refractivity contribution is 7.31. The van der Waals surface area contributed by atoms with Crippen molar-refractivity contribution in [3.8, 4) is 51.8 Å². The molecule has 13 heteroatoms. The van der Waals surface area contributed by atoms with Gasteiger partial charge in [0.2, 0.25) is 0 Å². The van der Waals surface area contributed by atoms with E-state index in [1.165, 1.54) is 177 Å². The van der Waals surface area contributed by atoms with Crippen molar-refractivity contribution in [2.45, 2.75) is 169 Å². The van der Waals surface area contributed by atoms with E-state index in [9.17, 15) is 0 Å². The predicted octanol–water partition coefficient (Wildman–Crippen LogP) is 17.6. The number of thiophene rings is 4. The van der Waals surface area contributed by atoms with Gasteiger partial charge in [0.05, 0.1) is 33.2 Å². The Labute approximate surface area is 424 Å². The molecule has 0 spiro atoms. The Hall–Kier alpha value is -3.04. The van der Waals surface area contributed by atoms with Gasteiger partial charge >= 0.3 is 0 Å². The number of pyridine rings is 2. The van der Waals surface area contributed by atoms with E-state index in [0.29, 0.717) is 11.8 Å². The molecule has 2 atom stereocenters. The second kappa shape index (κ2) is 22.8. The molecule has 0 saturated carbocycles. The minimum Gasteiger partial charge on any atom is -0.252 e. The summed E-state index contributed by atoms with van der Waals surface area (Å²) in [5.41, 5.74) is 8.09. The summed E-state index contributed by atoms with van der Waals surface area (Å²) in [7, 11) is -2.31. The molecule has 9 rings (SSSR count). The summed E-state index contributed by atoms with van der Waals surface area (Å²) in [4.78, 5) is 21.3. The second-order valence-corrected chi connectivity index (χ2v) is 28.7. The summed E-state index contributed by atoms with van der Waals surface area (Å²) in [6.07, 6.45) is 26.9. The number of nitrogens with zero attached hydrogens (tertiary/aromatic N) is 6.